The first kappa shape index (κ1) is 17.5. The summed E-state index contributed by atoms with van der Waals surface area (Å²) in [5, 5.41) is 18.4. The lowest BCUT2D eigenvalue weighted by atomic mass is 10.1. The fourth-order valence-corrected chi connectivity index (χ4v) is 1.56. The van der Waals surface area contributed by atoms with Gasteiger partial charge >= 0.3 is 0 Å². The summed E-state index contributed by atoms with van der Waals surface area (Å²) in [5.41, 5.74) is -0.318. The summed E-state index contributed by atoms with van der Waals surface area (Å²) >= 11 is 0. The predicted octanol–water partition coefficient (Wildman–Crippen LogP) is 1.44. The summed E-state index contributed by atoms with van der Waals surface area (Å²) in [7, 11) is 2.75. The molecule has 0 heterocycles. The third kappa shape index (κ3) is 3.29. The second-order valence-corrected chi connectivity index (χ2v) is 3.40. The van der Waals surface area contributed by atoms with E-state index in [1.807, 2.05) is 0 Å². The van der Waals surface area contributed by atoms with E-state index in [1.54, 1.807) is 12.1 Å². The number of rotatable bonds is 2. The maximum absolute atomic E-state index is 8.93. The monoisotopic (exact) mass is 280 g/mol. The van der Waals surface area contributed by atoms with Gasteiger partial charge in [-0.15, -0.1) is 0 Å². The Balaban J connectivity index is 0.00000400. The van der Waals surface area contributed by atoms with Gasteiger partial charge in [-0.25, -0.2) is 20.2 Å². The quantitative estimate of drug-likeness (QED) is 0.768. The summed E-state index contributed by atoms with van der Waals surface area (Å²) in [5.74, 6) is 0.453. The Morgan fingerprint density at radius 3 is 1.48 bits per heavy atom. The molecule has 0 radical (unpaired) electrons. The molecule has 1 aromatic carbocycles. The first-order valence-electron chi connectivity index (χ1n) is 5.22. The minimum Gasteiger partial charge on any atom is -0.497 e. The molecule has 0 amide bonds. The Bertz CT molecular complexity index is 723. The number of benzene rings is 1. The Labute approximate surface area is 123 Å². The highest BCUT2D eigenvalue weighted by atomic mass is 16.5. The highest BCUT2D eigenvalue weighted by Crippen LogP contribution is 2.11. The molecule has 1 aromatic rings. The zero-order chi connectivity index (χ0) is 15.1. The van der Waals surface area contributed by atoms with Crippen molar-refractivity contribution in [2.24, 2.45) is 0 Å². The molecule has 104 valence electrons. The zero-order valence-electron chi connectivity index (χ0n) is 10.8. The van der Waals surface area contributed by atoms with Crippen molar-refractivity contribution in [1.82, 2.24) is 0 Å². The van der Waals surface area contributed by atoms with Gasteiger partial charge in [0.25, 0.3) is 11.4 Å². The summed E-state index contributed by atoms with van der Waals surface area (Å²) in [6.45, 7) is 13.9. The van der Waals surface area contributed by atoms with E-state index in [0.29, 0.717) is 0 Å². The number of hydrogen-bond acceptors (Lipinski definition) is 4. The Morgan fingerprint density at radius 2 is 1.29 bits per heavy atom. The van der Waals surface area contributed by atoms with Gasteiger partial charge in [0, 0.05) is 10.4 Å². The first-order valence-corrected chi connectivity index (χ1v) is 5.22. The van der Waals surface area contributed by atoms with Gasteiger partial charge in [-0.3, -0.25) is 0 Å². The van der Waals surface area contributed by atoms with Crippen LogP contribution in [-0.2, 0) is 0 Å². The van der Waals surface area contributed by atoms with Crippen molar-refractivity contribution < 1.29 is 9.47 Å². The molecule has 0 unspecified atom stereocenters. The fourth-order valence-electron chi connectivity index (χ4n) is 1.56. The van der Waals surface area contributed by atoms with Crippen molar-refractivity contribution in [3.05, 3.63) is 45.4 Å². The molecule has 0 fully saturated rings. The lowest BCUT2D eigenvalue weighted by Gasteiger charge is -2.07. The molecule has 6 nitrogen and oxygen atoms in total. The van der Waals surface area contributed by atoms with Crippen molar-refractivity contribution in [3.63, 3.8) is 0 Å². The van der Waals surface area contributed by atoms with Gasteiger partial charge in [-0.1, -0.05) is 7.43 Å². The van der Waals surface area contributed by atoms with Gasteiger partial charge < -0.3 is 9.47 Å². The molecular weight excluding hydrogens is 268 g/mol. The van der Waals surface area contributed by atoms with Crippen molar-refractivity contribution in [2.75, 3.05) is 14.2 Å². The molecule has 6 heteroatoms. The van der Waals surface area contributed by atoms with Crippen molar-refractivity contribution in [2.45, 2.75) is 7.43 Å². The van der Waals surface area contributed by atoms with Gasteiger partial charge in [-0.2, -0.15) is 0 Å². The van der Waals surface area contributed by atoms with E-state index in [4.69, 9.17) is 33.1 Å². The van der Waals surface area contributed by atoms with Crippen LogP contribution >= 0.6 is 0 Å². The molecule has 1 rings (SSSR count). The van der Waals surface area contributed by atoms with Crippen LogP contribution in [0.1, 0.15) is 7.43 Å². The fraction of sp³-hybridized carbons (Fsp3) is 0.200. The van der Waals surface area contributed by atoms with Crippen LogP contribution < -0.4 is 19.9 Å². The van der Waals surface area contributed by atoms with Crippen LogP contribution in [0, 0.1) is 35.8 Å². The molecule has 0 bridgehead atoms. The Hall–Kier alpha value is -3.48. The van der Waals surface area contributed by atoms with Gasteiger partial charge in [0.1, 0.15) is 11.5 Å². The first-order chi connectivity index (χ1) is 9.66. The standard InChI is InChI=1S/C14H8N4O2.CH4/c1-17-11(7-15)9-5-14(20-4)10(6-13(9)19-3)12(8-16)18-2;/h5-6H,3-4H3;1H4/b11-9-,12-10+;. The minimum atomic E-state index is -0.159. The van der Waals surface area contributed by atoms with E-state index >= 15 is 0 Å². The Morgan fingerprint density at radius 1 is 0.952 bits per heavy atom. The lowest BCUT2D eigenvalue weighted by Crippen LogP contribution is -2.18. The van der Waals surface area contributed by atoms with E-state index < -0.39 is 0 Å². The van der Waals surface area contributed by atoms with Crippen LogP contribution in [0.4, 0.5) is 0 Å². The average molecular weight is 280 g/mol. The van der Waals surface area contributed by atoms with Crippen LogP contribution in [0.3, 0.4) is 0 Å². The van der Waals surface area contributed by atoms with E-state index in [2.05, 4.69) is 9.69 Å². The third-order valence-electron chi connectivity index (χ3n) is 2.47. The number of ether oxygens (including phenoxy) is 2. The van der Waals surface area contributed by atoms with E-state index in [1.165, 1.54) is 26.4 Å². The molecule has 0 N–H and O–H groups in total. The van der Waals surface area contributed by atoms with Gasteiger partial charge in [0.15, 0.2) is 0 Å². The molecule has 0 saturated carbocycles. The molecule has 21 heavy (non-hydrogen) atoms. The Kier molecular flexibility index (Phi) is 6.55. The summed E-state index contributed by atoms with van der Waals surface area (Å²) in [6, 6.07) is 6.35. The summed E-state index contributed by atoms with van der Waals surface area (Å²) in [4.78, 5) is 6.23. The van der Waals surface area contributed by atoms with Crippen LogP contribution in [0.25, 0.3) is 21.1 Å². The smallest absolute Gasteiger partial charge is 0.272 e. The lowest BCUT2D eigenvalue weighted by molar-refractivity contribution is 0.397. The maximum atomic E-state index is 8.93. The molecule has 0 atom stereocenters. The zero-order valence-corrected chi connectivity index (χ0v) is 10.8. The average Bonchev–Trinajstić information content (AvgIpc) is 2.50. The van der Waals surface area contributed by atoms with Crippen LogP contribution in [0.2, 0.25) is 0 Å². The minimum absolute atomic E-state index is 0. The highest BCUT2D eigenvalue weighted by molar-refractivity contribution is 5.71. The maximum Gasteiger partial charge on any atom is 0.272 e. The molecule has 0 spiro atoms. The van der Waals surface area contributed by atoms with Crippen LogP contribution in [-0.4, -0.2) is 14.2 Å². The highest BCUT2D eigenvalue weighted by Gasteiger charge is 2.09. The van der Waals surface area contributed by atoms with Gasteiger partial charge in [-0.05, 0) is 12.1 Å². The van der Waals surface area contributed by atoms with Gasteiger partial charge in [0.2, 0.25) is 0 Å². The van der Waals surface area contributed by atoms with Gasteiger partial charge in [0.05, 0.1) is 39.5 Å². The molecular formula is C15H12N4O2. The summed E-state index contributed by atoms with van der Waals surface area (Å²) in [6.07, 6.45) is 0. The predicted molar refractivity (Wildman–Crippen MR) is 76.8 cm³/mol. The topological polar surface area (TPSA) is 74.8 Å². The molecule has 0 aliphatic heterocycles. The normalized spacial score (nSPS) is 11.3. The molecule has 0 aromatic heterocycles. The number of nitrogens with zero attached hydrogens (tertiary/aromatic N) is 4. The van der Waals surface area contributed by atoms with E-state index in [9.17, 15) is 0 Å². The number of hydrogen-bond donors (Lipinski definition) is 0. The molecule has 0 saturated heterocycles. The molecule has 0 aliphatic rings. The third-order valence-corrected chi connectivity index (χ3v) is 2.47. The van der Waals surface area contributed by atoms with E-state index in [0.717, 1.165) is 0 Å². The van der Waals surface area contributed by atoms with Crippen LogP contribution in [0.5, 0.6) is 11.5 Å². The summed E-state index contributed by atoms with van der Waals surface area (Å²) < 4.78 is 10.2. The van der Waals surface area contributed by atoms with Crippen molar-refractivity contribution in [3.8, 4) is 23.6 Å². The van der Waals surface area contributed by atoms with Crippen molar-refractivity contribution >= 4 is 11.4 Å². The van der Waals surface area contributed by atoms with Crippen LogP contribution in [0.15, 0.2) is 12.1 Å². The second kappa shape index (κ2) is 7.85. The number of methoxy groups -OCH3 is 2. The second-order valence-electron chi connectivity index (χ2n) is 3.40. The van der Waals surface area contributed by atoms with Crippen molar-refractivity contribution in [1.29, 1.82) is 10.5 Å². The largest absolute Gasteiger partial charge is 0.497 e. The number of nitriles is 2. The van der Waals surface area contributed by atoms with E-state index in [-0.39, 0.29) is 40.8 Å². The molecule has 0 aliphatic carbocycles. The SMILES string of the molecule is C.[C-]#[N+]/C(C#N)=c1/cc(OC)/c(=C(\C#N)[N+]#[C-])cc1OC.